The third-order valence-electron chi connectivity index (χ3n) is 3.57. The predicted molar refractivity (Wildman–Crippen MR) is 99.4 cm³/mol. The average molecular weight is 363 g/mol. The molecule has 1 nitrogen and oxygen atoms in total. The number of hydrogen-bond donors (Lipinski definition) is 0. The van der Waals surface area contributed by atoms with Crippen LogP contribution >= 0.6 is 15.9 Å². The smallest absolute Gasteiger partial charge is 0.185 e. The van der Waals surface area contributed by atoms with Crippen LogP contribution in [0.2, 0.25) is 0 Å². The van der Waals surface area contributed by atoms with Gasteiger partial charge in [-0.15, -0.1) is 0 Å². The van der Waals surface area contributed by atoms with Crippen LogP contribution < -0.4 is 0 Å². The third-order valence-corrected chi connectivity index (χ3v) is 4.10. The van der Waals surface area contributed by atoms with Crippen molar-refractivity contribution in [2.24, 2.45) is 0 Å². The Labute approximate surface area is 144 Å². The molecular formula is C21H15BrO. The molecule has 23 heavy (non-hydrogen) atoms. The van der Waals surface area contributed by atoms with Crippen LogP contribution in [0.4, 0.5) is 0 Å². The van der Waals surface area contributed by atoms with Gasteiger partial charge < -0.3 is 0 Å². The summed E-state index contributed by atoms with van der Waals surface area (Å²) in [4.78, 5) is 12.2. The standard InChI is InChI=1S/C21H15BrO/c22-20-13-11-18(12-14-20)17-7-9-19(10-8-17)21(23)15-6-16-4-2-1-3-5-16/h1-15H. The Morgan fingerprint density at radius 3 is 1.91 bits per heavy atom. The van der Waals surface area contributed by atoms with Crippen LogP contribution in [0.1, 0.15) is 15.9 Å². The maximum atomic E-state index is 12.2. The Morgan fingerprint density at radius 2 is 1.30 bits per heavy atom. The van der Waals surface area contributed by atoms with E-state index in [1.165, 1.54) is 0 Å². The highest BCUT2D eigenvalue weighted by molar-refractivity contribution is 9.10. The highest BCUT2D eigenvalue weighted by Gasteiger charge is 2.03. The zero-order valence-electron chi connectivity index (χ0n) is 12.4. The summed E-state index contributed by atoms with van der Waals surface area (Å²) in [7, 11) is 0. The van der Waals surface area contributed by atoms with Gasteiger partial charge in [-0.1, -0.05) is 88.7 Å². The molecule has 0 fully saturated rings. The maximum absolute atomic E-state index is 12.2. The largest absolute Gasteiger partial charge is 0.289 e. The quantitative estimate of drug-likeness (QED) is 0.410. The van der Waals surface area contributed by atoms with E-state index in [1.54, 1.807) is 6.08 Å². The van der Waals surface area contributed by atoms with Gasteiger partial charge in [0, 0.05) is 10.0 Å². The van der Waals surface area contributed by atoms with Crippen molar-refractivity contribution in [1.82, 2.24) is 0 Å². The summed E-state index contributed by atoms with van der Waals surface area (Å²) in [6.45, 7) is 0. The highest BCUT2D eigenvalue weighted by Crippen LogP contribution is 2.22. The number of rotatable bonds is 4. The zero-order chi connectivity index (χ0) is 16.1. The van der Waals surface area contributed by atoms with Crippen LogP contribution in [0, 0.1) is 0 Å². The molecule has 0 aromatic heterocycles. The van der Waals surface area contributed by atoms with Crippen molar-refractivity contribution < 1.29 is 4.79 Å². The van der Waals surface area contributed by atoms with E-state index in [0.717, 1.165) is 21.2 Å². The summed E-state index contributed by atoms with van der Waals surface area (Å²) in [5.41, 5.74) is 3.94. The second kappa shape index (κ2) is 7.21. The van der Waals surface area contributed by atoms with Crippen LogP contribution in [-0.2, 0) is 0 Å². The minimum absolute atomic E-state index is 0.0104. The van der Waals surface area contributed by atoms with Crippen molar-refractivity contribution in [3.05, 3.63) is 101 Å². The van der Waals surface area contributed by atoms with Gasteiger partial charge in [-0.25, -0.2) is 0 Å². The van der Waals surface area contributed by atoms with Gasteiger partial charge in [0.25, 0.3) is 0 Å². The number of carbonyl (C=O) groups excluding carboxylic acids is 1. The Kier molecular flexibility index (Phi) is 4.84. The molecule has 0 radical (unpaired) electrons. The van der Waals surface area contributed by atoms with E-state index >= 15 is 0 Å². The van der Waals surface area contributed by atoms with Gasteiger partial charge in [0.15, 0.2) is 5.78 Å². The minimum atomic E-state index is 0.0104. The van der Waals surface area contributed by atoms with Gasteiger partial charge in [0.2, 0.25) is 0 Å². The molecule has 0 aliphatic carbocycles. The van der Waals surface area contributed by atoms with Crippen molar-refractivity contribution in [2.45, 2.75) is 0 Å². The van der Waals surface area contributed by atoms with Crippen LogP contribution in [0.25, 0.3) is 17.2 Å². The van der Waals surface area contributed by atoms with Gasteiger partial charge in [-0.05, 0) is 34.9 Å². The Morgan fingerprint density at radius 1 is 0.739 bits per heavy atom. The van der Waals surface area contributed by atoms with Crippen molar-refractivity contribution in [3.8, 4) is 11.1 Å². The SMILES string of the molecule is O=C(C=Cc1ccccc1)c1ccc(-c2ccc(Br)cc2)cc1. The number of hydrogen-bond acceptors (Lipinski definition) is 1. The molecule has 0 aliphatic heterocycles. The van der Waals surface area contributed by atoms with E-state index in [-0.39, 0.29) is 5.78 Å². The molecule has 0 atom stereocenters. The summed E-state index contributed by atoms with van der Waals surface area (Å²) >= 11 is 3.43. The fourth-order valence-electron chi connectivity index (χ4n) is 2.30. The summed E-state index contributed by atoms with van der Waals surface area (Å²) in [6.07, 6.45) is 3.45. The van der Waals surface area contributed by atoms with Gasteiger partial charge in [0.1, 0.15) is 0 Å². The first-order valence-electron chi connectivity index (χ1n) is 7.36. The first-order valence-corrected chi connectivity index (χ1v) is 8.15. The van der Waals surface area contributed by atoms with Gasteiger partial charge in [-0.2, -0.15) is 0 Å². The van der Waals surface area contributed by atoms with E-state index in [1.807, 2.05) is 72.8 Å². The third kappa shape index (κ3) is 4.05. The van der Waals surface area contributed by atoms with Crippen molar-refractivity contribution in [3.63, 3.8) is 0 Å². The second-order valence-corrected chi connectivity index (χ2v) is 6.11. The lowest BCUT2D eigenvalue weighted by molar-refractivity contribution is 0.104. The molecule has 0 unspecified atom stereocenters. The molecule has 0 amide bonds. The lowest BCUT2D eigenvalue weighted by atomic mass is 10.0. The molecule has 3 aromatic carbocycles. The molecule has 3 rings (SSSR count). The summed E-state index contributed by atoms with van der Waals surface area (Å²) in [5.74, 6) is 0.0104. The lowest BCUT2D eigenvalue weighted by Gasteiger charge is -2.03. The van der Waals surface area contributed by atoms with E-state index in [0.29, 0.717) is 5.56 Å². The molecular weight excluding hydrogens is 348 g/mol. The summed E-state index contributed by atoms with van der Waals surface area (Å²) in [5, 5.41) is 0. The van der Waals surface area contributed by atoms with Gasteiger partial charge in [-0.3, -0.25) is 4.79 Å². The number of allylic oxidation sites excluding steroid dienone is 1. The fraction of sp³-hybridized carbons (Fsp3) is 0. The van der Waals surface area contributed by atoms with E-state index in [4.69, 9.17) is 0 Å². The van der Waals surface area contributed by atoms with Crippen LogP contribution in [-0.4, -0.2) is 5.78 Å². The summed E-state index contributed by atoms with van der Waals surface area (Å²) in [6, 6.07) is 25.6. The van der Waals surface area contributed by atoms with Crippen molar-refractivity contribution in [2.75, 3.05) is 0 Å². The first-order chi connectivity index (χ1) is 11.2. The average Bonchev–Trinajstić information content (AvgIpc) is 2.61. The van der Waals surface area contributed by atoms with Crippen LogP contribution in [0.3, 0.4) is 0 Å². The molecule has 112 valence electrons. The zero-order valence-corrected chi connectivity index (χ0v) is 14.0. The molecule has 0 N–H and O–H groups in total. The number of benzene rings is 3. The predicted octanol–water partition coefficient (Wildman–Crippen LogP) is 6.01. The molecule has 0 saturated carbocycles. The molecule has 0 bridgehead atoms. The molecule has 0 saturated heterocycles. The second-order valence-electron chi connectivity index (χ2n) is 5.19. The Bertz CT molecular complexity index is 816. The Balaban J connectivity index is 1.75. The number of ketones is 1. The van der Waals surface area contributed by atoms with Crippen molar-refractivity contribution in [1.29, 1.82) is 0 Å². The van der Waals surface area contributed by atoms with Gasteiger partial charge in [0.05, 0.1) is 0 Å². The maximum Gasteiger partial charge on any atom is 0.185 e. The monoisotopic (exact) mass is 362 g/mol. The normalized spacial score (nSPS) is 10.8. The van der Waals surface area contributed by atoms with Gasteiger partial charge >= 0.3 is 0 Å². The number of halogens is 1. The number of carbonyl (C=O) groups is 1. The molecule has 3 aromatic rings. The lowest BCUT2D eigenvalue weighted by Crippen LogP contribution is -1.93. The Hall–Kier alpha value is -2.45. The van der Waals surface area contributed by atoms with Crippen LogP contribution in [0.5, 0.6) is 0 Å². The first kappa shape index (κ1) is 15.4. The highest BCUT2D eigenvalue weighted by atomic mass is 79.9. The molecule has 0 aliphatic rings. The van der Waals surface area contributed by atoms with E-state index in [9.17, 15) is 4.79 Å². The van der Waals surface area contributed by atoms with E-state index < -0.39 is 0 Å². The van der Waals surface area contributed by atoms with Crippen LogP contribution in [0.15, 0.2) is 89.4 Å². The molecule has 0 spiro atoms. The topological polar surface area (TPSA) is 17.1 Å². The summed E-state index contributed by atoms with van der Waals surface area (Å²) < 4.78 is 1.05. The van der Waals surface area contributed by atoms with Crippen molar-refractivity contribution >= 4 is 27.8 Å². The minimum Gasteiger partial charge on any atom is -0.289 e. The fourth-order valence-corrected chi connectivity index (χ4v) is 2.57. The van der Waals surface area contributed by atoms with E-state index in [2.05, 4.69) is 28.1 Å². The molecule has 2 heteroatoms. The molecule has 0 heterocycles.